The van der Waals surface area contributed by atoms with E-state index in [-0.39, 0.29) is 0 Å². The van der Waals surface area contributed by atoms with Crippen molar-refractivity contribution in [2.24, 2.45) is 5.92 Å². The van der Waals surface area contributed by atoms with Crippen LogP contribution in [0.3, 0.4) is 0 Å². The largest absolute Gasteiger partial charge is 0.381 e. The van der Waals surface area contributed by atoms with Crippen molar-refractivity contribution in [2.45, 2.75) is 12.3 Å². The van der Waals surface area contributed by atoms with Gasteiger partial charge >= 0.3 is 0 Å². The summed E-state index contributed by atoms with van der Waals surface area (Å²) in [7, 11) is 2.00. The van der Waals surface area contributed by atoms with E-state index >= 15 is 0 Å². The molecule has 1 N–H and O–H groups in total. The van der Waals surface area contributed by atoms with Crippen LogP contribution in [0.4, 0.5) is 0 Å². The topological polar surface area (TPSA) is 21.3 Å². The highest BCUT2D eigenvalue weighted by atomic mass is 35.5. The number of hydrogen-bond acceptors (Lipinski definition) is 2. The zero-order valence-electron chi connectivity index (χ0n) is 9.58. The van der Waals surface area contributed by atoms with Gasteiger partial charge in [0.2, 0.25) is 0 Å². The molecular formula is C13H18ClNO. The van der Waals surface area contributed by atoms with Gasteiger partial charge in [-0.2, -0.15) is 0 Å². The van der Waals surface area contributed by atoms with E-state index in [1.54, 1.807) is 0 Å². The molecule has 2 rings (SSSR count). The number of nitrogens with one attached hydrogen (secondary N) is 1. The van der Waals surface area contributed by atoms with Crippen molar-refractivity contribution < 1.29 is 4.74 Å². The van der Waals surface area contributed by atoms with Crippen LogP contribution < -0.4 is 5.32 Å². The van der Waals surface area contributed by atoms with Crippen LogP contribution in [0.1, 0.15) is 17.9 Å². The highest BCUT2D eigenvalue weighted by Crippen LogP contribution is 2.28. The summed E-state index contributed by atoms with van der Waals surface area (Å²) in [4.78, 5) is 0. The maximum atomic E-state index is 5.90. The molecule has 1 aliphatic rings. The Kier molecular flexibility index (Phi) is 4.22. The molecule has 0 saturated carbocycles. The Hall–Kier alpha value is -0.570. The van der Waals surface area contributed by atoms with E-state index in [0.717, 1.165) is 30.7 Å². The molecule has 0 amide bonds. The monoisotopic (exact) mass is 239 g/mol. The first kappa shape index (κ1) is 11.9. The maximum absolute atomic E-state index is 5.90. The summed E-state index contributed by atoms with van der Waals surface area (Å²) < 4.78 is 5.23. The number of rotatable bonds is 5. The molecule has 1 aromatic carbocycles. The van der Waals surface area contributed by atoms with Crippen molar-refractivity contribution >= 4 is 11.6 Å². The van der Waals surface area contributed by atoms with Gasteiger partial charge in [0.15, 0.2) is 0 Å². The zero-order chi connectivity index (χ0) is 11.4. The normalized spacial score (nSPS) is 18.1. The molecule has 0 bridgehead atoms. The minimum absolute atomic E-state index is 0.566. The second kappa shape index (κ2) is 5.67. The first-order valence-electron chi connectivity index (χ1n) is 5.77. The van der Waals surface area contributed by atoms with Gasteiger partial charge in [0.05, 0.1) is 13.2 Å². The van der Waals surface area contributed by atoms with Crippen molar-refractivity contribution in [3.8, 4) is 0 Å². The van der Waals surface area contributed by atoms with E-state index in [2.05, 4.69) is 17.4 Å². The second-order valence-electron chi connectivity index (χ2n) is 4.45. The highest BCUT2D eigenvalue weighted by Gasteiger charge is 2.23. The maximum Gasteiger partial charge on any atom is 0.0516 e. The average molecular weight is 240 g/mol. The number of ether oxygens (including phenoxy) is 1. The van der Waals surface area contributed by atoms with Crippen LogP contribution in [0.5, 0.6) is 0 Å². The number of benzene rings is 1. The molecule has 0 radical (unpaired) electrons. The standard InChI is InChI=1S/C13H18ClNO/c1-15-7-12(6-10-8-16-9-10)11-2-4-13(14)5-3-11/h2-5,10,12,15H,6-9H2,1H3. The fourth-order valence-corrected chi connectivity index (χ4v) is 2.27. The number of halogens is 1. The summed E-state index contributed by atoms with van der Waals surface area (Å²) in [5.74, 6) is 1.30. The third-order valence-corrected chi connectivity index (χ3v) is 3.37. The molecule has 1 saturated heterocycles. The molecular weight excluding hydrogens is 222 g/mol. The first-order valence-corrected chi connectivity index (χ1v) is 6.15. The van der Waals surface area contributed by atoms with Crippen molar-refractivity contribution in [1.29, 1.82) is 0 Å². The lowest BCUT2D eigenvalue weighted by Gasteiger charge is -2.30. The summed E-state index contributed by atoms with van der Waals surface area (Å²) in [5, 5.41) is 4.07. The van der Waals surface area contributed by atoms with Gasteiger partial charge < -0.3 is 10.1 Å². The van der Waals surface area contributed by atoms with Crippen molar-refractivity contribution in [3.63, 3.8) is 0 Å². The summed E-state index contributed by atoms with van der Waals surface area (Å²) in [6, 6.07) is 8.20. The third-order valence-electron chi connectivity index (χ3n) is 3.12. The Morgan fingerprint density at radius 1 is 1.38 bits per heavy atom. The lowest BCUT2D eigenvalue weighted by Crippen LogP contribution is -2.31. The summed E-state index contributed by atoms with van der Waals surface area (Å²) >= 11 is 5.90. The minimum atomic E-state index is 0.566. The van der Waals surface area contributed by atoms with E-state index in [0.29, 0.717) is 5.92 Å². The predicted molar refractivity (Wildman–Crippen MR) is 67.0 cm³/mol. The predicted octanol–water partition coefficient (Wildman–Crippen LogP) is 2.68. The van der Waals surface area contributed by atoms with Gasteiger partial charge in [-0.3, -0.25) is 0 Å². The van der Waals surface area contributed by atoms with E-state index in [1.165, 1.54) is 12.0 Å². The molecule has 1 aliphatic heterocycles. The Labute approximate surface area is 102 Å². The Morgan fingerprint density at radius 2 is 2.06 bits per heavy atom. The lowest BCUT2D eigenvalue weighted by atomic mass is 9.88. The second-order valence-corrected chi connectivity index (χ2v) is 4.88. The molecule has 1 heterocycles. The van der Waals surface area contributed by atoms with Crippen LogP contribution in [0.2, 0.25) is 5.02 Å². The fourth-order valence-electron chi connectivity index (χ4n) is 2.14. The summed E-state index contributed by atoms with van der Waals surface area (Å²) in [6.45, 7) is 2.86. The zero-order valence-corrected chi connectivity index (χ0v) is 10.3. The summed E-state index contributed by atoms with van der Waals surface area (Å²) in [5.41, 5.74) is 1.37. The smallest absolute Gasteiger partial charge is 0.0516 e. The van der Waals surface area contributed by atoms with Gasteiger partial charge in [0, 0.05) is 17.5 Å². The van der Waals surface area contributed by atoms with Gasteiger partial charge in [0.1, 0.15) is 0 Å². The molecule has 88 valence electrons. The summed E-state index contributed by atoms with van der Waals surface area (Å²) in [6.07, 6.45) is 1.20. The fraction of sp³-hybridized carbons (Fsp3) is 0.538. The molecule has 0 spiro atoms. The van der Waals surface area contributed by atoms with Gasteiger partial charge in [0.25, 0.3) is 0 Å². The van der Waals surface area contributed by atoms with Crippen LogP contribution in [-0.4, -0.2) is 26.8 Å². The quantitative estimate of drug-likeness (QED) is 0.853. The molecule has 1 fully saturated rings. The van der Waals surface area contributed by atoms with Crippen LogP contribution >= 0.6 is 11.6 Å². The van der Waals surface area contributed by atoms with Crippen LogP contribution in [0, 0.1) is 5.92 Å². The van der Waals surface area contributed by atoms with Crippen molar-refractivity contribution in [3.05, 3.63) is 34.9 Å². The van der Waals surface area contributed by atoms with Crippen LogP contribution in [-0.2, 0) is 4.74 Å². The Bertz CT molecular complexity index is 321. The Balaban J connectivity index is 2.01. The van der Waals surface area contributed by atoms with E-state index < -0.39 is 0 Å². The van der Waals surface area contributed by atoms with Gasteiger partial charge in [-0.15, -0.1) is 0 Å². The van der Waals surface area contributed by atoms with Gasteiger partial charge in [-0.1, -0.05) is 23.7 Å². The number of hydrogen-bond donors (Lipinski definition) is 1. The van der Waals surface area contributed by atoms with E-state index in [9.17, 15) is 0 Å². The van der Waals surface area contributed by atoms with Crippen LogP contribution in [0.25, 0.3) is 0 Å². The Morgan fingerprint density at radius 3 is 2.56 bits per heavy atom. The van der Waals surface area contributed by atoms with E-state index in [1.807, 2.05) is 19.2 Å². The first-order chi connectivity index (χ1) is 7.79. The molecule has 3 heteroatoms. The molecule has 1 aromatic rings. The molecule has 1 unspecified atom stereocenters. The van der Waals surface area contributed by atoms with Crippen molar-refractivity contribution in [1.82, 2.24) is 5.32 Å². The third kappa shape index (κ3) is 2.97. The minimum Gasteiger partial charge on any atom is -0.381 e. The molecule has 1 atom stereocenters. The van der Waals surface area contributed by atoms with Crippen LogP contribution in [0.15, 0.2) is 24.3 Å². The molecule has 0 aromatic heterocycles. The van der Waals surface area contributed by atoms with Crippen molar-refractivity contribution in [2.75, 3.05) is 26.8 Å². The average Bonchev–Trinajstić information content (AvgIpc) is 2.23. The molecule has 2 nitrogen and oxygen atoms in total. The highest BCUT2D eigenvalue weighted by molar-refractivity contribution is 6.30. The SMILES string of the molecule is CNCC(CC1COC1)c1ccc(Cl)cc1. The lowest BCUT2D eigenvalue weighted by molar-refractivity contribution is -0.0384. The molecule has 0 aliphatic carbocycles. The molecule has 16 heavy (non-hydrogen) atoms. The van der Waals surface area contributed by atoms with E-state index in [4.69, 9.17) is 16.3 Å². The number of likely N-dealkylation sites (N-methyl/N-ethyl adjacent to an activating group) is 1. The van der Waals surface area contributed by atoms with Gasteiger partial charge in [-0.25, -0.2) is 0 Å². The van der Waals surface area contributed by atoms with Gasteiger partial charge in [-0.05, 0) is 37.1 Å².